The lowest BCUT2D eigenvalue weighted by molar-refractivity contribution is 0.0855. The molecular formula is C20H26N4O3. The summed E-state index contributed by atoms with van der Waals surface area (Å²) in [6.07, 6.45) is 4.93. The minimum atomic E-state index is -0.532. The summed E-state index contributed by atoms with van der Waals surface area (Å²) in [5.74, 6) is 1.03. The van der Waals surface area contributed by atoms with E-state index >= 15 is 0 Å². The molecule has 0 atom stereocenters. The average molecular weight is 370 g/mol. The Morgan fingerprint density at radius 3 is 2.44 bits per heavy atom. The monoisotopic (exact) mass is 370 g/mol. The van der Waals surface area contributed by atoms with Crippen LogP contribution in [0.15, 0.2) is 28.8 Å². The number of aromatic nitrogens is 2. The normalized spacial score (nSPS) is 19.7. The van der Waals surface area contributed by atoms with Gasteiger partial charge >= 0.3 is 0 Å². The molecule has 2 aliphatic rings. The van der Waals surface area contributed by atoms with Crippen molar-refractivity contribution < 1.29 is 14.1 Å². The van der Waals surface area contributed by atoms with Gasteiger partial charge in [-0.05, 0) is 37.1 Å². The molecule has 1 saturated heterocycles. The van der Waals surface area contributed by atoms with Crippen molar-refractivity contribution in [2.45, 2.75) is 44.6 Å². The molecule has 1 aromatic carbocycles. The average Bonchev–Trinajstić information content (AvgIpc) is 3.17. The first-order chi connectivity index (χ1) is 13.2. The molecule has 0 unspecified atom stereocenters. The Kier molecular flexibility index (Phi) is 5.11. The van der Waals surface area contributed by atoms with Crippen LogP contribution < -0.4 is 10.2 Å². The lowest BCUT2D eigenvalue weighted by Gasteiger charge is -2.35. The molecule has 1 amide bonds. The second kappa shape index (κ2) is 7.68. The molecule has 1 aliphatic carbocycles. The number of morpholine rings is 1. The fraction of sp³-hybridized carbons (Fsp3) is 0.550. The van der Waals surface area contributed by atoms with Gasteiger partial charge < -0.3 is 19.5 Å². The van der Waals surface area contributed by atoms with Gasteiger partial charge in [-0.1, -0.05) is 24.4 Å². The molecule has 1 saturated carbocycles. The molecule has 1 N–H and O–H groups in total. The van der Waals surface area contributed by atoms with E-state index in [0.717, 1.165) is 57.7 Å². The smallest absolute Gasteiger partial charge is 0.252 e. The summed E-state index contributed by atoms with van der Waals surface area (Å²) in [7, 11) is 0. The topological polar surface area (TPSA) is 80.5 Å². The number of hydrogen-bond acceptors (Lipinski definition) is 6. The number of benzene rings is 1. The van der Waals surface area contributed by atoms with Crippen LogP contribution in [0.4, 0.5) is 5.69 Å². The molecule has 2 fully saturated rings. The number of ether oxygens (including phenoxy) is 1. The maximum Gasteiger partial charge on any atom is 0.252 e. The van der Waals surface area contributed by atoms with Crippen molar-refractivity contribution in [1.82, 2.24) is 15.5 Å². The van der Waals surface area contributed by atoms with Gasteiger partial charge in [-0.2, -0.15) is 4.98 Å². The van der Waals surface area contributed by atoms with E-state index in [9.17, 15) is 4.79 Å². The number of aryl methyl sites for hydroxylation is 1. The van der Waals surface area contributed by atoms with Gasteiger partial charge in [0.1, 0.15) is 5.54 Å². The largest absolute Gasteiger partial charge is 0.378 e. The molecule has 27 heavy (non-hydrogen) atoms. The summed E-state index contributed by atoms with van der Waals surface area (Å²) >= 11 is 0. The van der Waals surface area contributed by atoms with E-state index in [-0.39, 0.29) is 5.91 Å². The number of rotatable bonds is 4. The second-order valence-electron chi connectivity index (χ2n) is 7.38. The minimum absolute atomic E-state index is 0.0899. The van der Waals surface area contributed by atoms with Gasteiger partial charge in [0.05, 0.1) is 13.2 Å². The van der Waals surface area contributed by atoms with Crippen LogP contribution in [0, 0.1) is 6.92 Å². The van der Waals surface area contributed by atoms with Crippen molar-refractivity contribution in [1.29, 1.82) is 0 Å². The fourth-order valence-electron chi connectivity index (χ4n) is 3.99. The molecule has 144 valence electrons. The van der Waals surface area contributed by atoms with Gasteiger partial charge in [-0.3, -0.25) is 4.79 Å². The van der Waals surface area contributed by atoms with Gasteiger partial charge in [-0.25, -0.2) is 0 Å². The zero-order valence-electron chi connectivity index (χ0n) is 15.7. The highest BCUT2D eigenvalue weighted by Gasteiger charge is 2.39. The van der Waals surface area contributed by atoms with Crippen LogP contribution in [0.3, 0.4) is 0 Å². The van der Waals surface area contributed by atoms with Crippen LogP contribution in [0.25, 0.3) is 0 Å². The molecule has 1 aromatic heterocycles. The van der Waals surface area contributed by atoms with E-state index in [1.165, 1.54) is 6.42 Å². The Morgan fingerprint density at radius 1 is 1.11 bits per heavy atom. The molecule has 0 bridgehead atoms. The number of anilines is 1. The predicted molar refractivity (Wildman–Crippen MR) is 101 cm³/mol. The van der Waals surface area contributed by atoms with E-state index in [2.05, 4.69) is 20.4 Å². The van der Waals surface area contributed by atoms with Crippen LogP contribution in [-0.2, 0) is 10.3 Å². The lowest BCUT2D eigenvalue weighted by Crippen LogP contribution is -2.48. The van der Waals surface area contributed by atoms with Gasteiger partial charge in [0.2, 0.25) is 5.89 Å². The summed E-state index contributed by atoms with van der Waals surface area (Å²) in [6.45, 7) is 5.03. The van der Waals surface area contributed by atoms with Crippen LogP contribution >= 0.6 is 0 Å². The van der Waals surface area contributed by atoms with E-state index in [1.54, 1.807) is 6.92 Å². The first-order valence-electron chi connectivity index (χ1n) is 9.72. The molecule has 4 rings (SSSR count). The Morgan fingerprint density at radius 2 is 1.81 bits per heavy atom. The molecule has 0 radical (unpaired) electrons. The zero-order chi connectivity index (χ0) is 18.7. The Bertz CT molecular complexity index is 775. The Labute approximate surface area is 159 Å². The first-order valence-corrected chi connectivity index (χ1v) is 9.72. The van der Waals surface area contributed by atoms with Crippen LogP contribution in [0.2, 0.25) is 0 Å². The van der Waals surface area contributed by atoms with Crippen molar-refractivity contribution >= 4 is 11.6 Å². The predicted octanol–water partition coefficient (Wildman–Crippen LogP) is 2.80. The van der Waals surface area contributed by atoms with Gasteiger partial charge in [-0.15, -0.1) is 0 Å². The number of nitrogens with one attached hydrogen (secondary N) is 1. The van der Waals surface area contributed by atoms with Gasteiger partial charge in [0.25, 0.3) is 5.91 Å². The van der Waals surface area contributed by atoms with E-state index in [1.807, 2.05) is 24.3 Å². The molecule has 1 aliphatic heterocycles. The Balaban J connectivity index is 1.51. The number of nitrogens with zero attached hydrogens (tertiary/aromatic N) is 3. The number of carbonyl (C=O) groups is 1. The van der Waals surface area contributed by atoms with Crippen molar-refractivity contribution in [3.8, 4) is 0 Å². The van der Waals surface area contributed by atoms with Gasteiger partial charge in [0, 0.05) is 31.3 Å². The van der Waals surface area contributed by atoms with Crippen molar-refractivity contribution in [3.63, 3.8) is 0 Å². The quantitative estimate of drug-likeness (QED) is 0.891. The number of carbonyl (C=O) groups excluding carboxylic acids is 1. The van der Waals surface area contributed by atoms with E-state index in [0.29, 0.717) is 17.3 Å². The molecule has 0 spiro atoms. The van der Waals surface area contributed by atoms with Crippen molar-refractivity contribution in [3.05, 3.63) is 41.5 Å². The van der Waals surface area contributed by atoms with Gasteiger partial charge in [0.15, 0.2) is 5.82 Å². The third-order valence-corrected chi connectivity index (χ3v) is 5.52. The number of amides is 1. The zero-order valence-corrected chi connectivity index (χ0v) is 15.7. The third kappa shape index (κ3) is 3.83. The van der Waals surface area contributed by atoms with Crippen LogP contribution in [-0.4, -0.2) is 42.4 Å². The SMILES string of the molecule is Cc1nc(C2(NC(=O)c3ccc(N4CCOCC4)cc3)CCCCC2)no1. The summed E-state index contributed by atoms with van der Waals surface area (Å²) < 4.78 is 10.6. The standard InChI is InChI=1S/C20H26N4O3/c1-15-21-19(23-27-15)20(9-3-2-4-10-20)22-18(25)16-5-7-17(8-6-16)24-11-13-26-14-12-24/h5-8H,2-4,9-14H2,1H3,(H,22,25). The minimum Gasteiger partial charge on any atom is -0.378 e. The van der Waals surface area contributed by atoms with Crippen LogP contribution in [0.1, 0.15) is 54.2 Å². The summed E-state index contributed by atoms with van der Waals surface area (Å²) in [5.41, 5.74) is 1.24. The maximum atomic E-state index is 13.0. The van der Waals surface area contributed by atoms with Crippen LogP contribution in [0.5, 0.6) is 0 Å². The molecule has 7 nitrogen and oxygen atoms in total. The van der Waals surface area contributed by atoms with Crippen molar-refractivity contribution in [2.75, 3.05) is 31.2 Å². The maximum absolute atomic E-state index is 13.0. The molecule has 7 heteroatoms. The fourth-order valence-corrected chi connectivity index (χ4v) is 3.99. The summed E-state index contributed by atoms with van der Waals surface area (Å²) in [5, 5.41) is 7.33. The molecule has 2 heterocycles. The van der Waals surface area contributed by atoms with Crippen molar-refractivity contribution in [2.24, 2.45) is 0 Å². The summed E-state index contributed by atoms with van der Waals surface area (Å²) in [6, 6.07) is 7.79. The van der Waals surface area contributed by atoms with E-state index < -0.39 is 5.54 Å². The third-order valence-electron chi connectivity index (χ3n) is 5.52. The lowest BCUT2D eigenvalue weighted by atomic mass is 9.80. The van der Waals surface area contributed by atoms with E-state index in [4.69, 9.17) is 9.26 Å². The highest BCUT2D eigenvalue weighted by Crippen LogP contribution is 2.36. The first kappa shape index (κ1) is 18.0. The molecule has 2 aromatic rings. The number of hydrogen-bond donors (Lipinski definition) is 1. The Hall–Kier alpha value is -2.41. The highest BCUT2D eigenvalue weighted by molar-refractivity contribution is 5.95. The summed E-state index contributed by atoms with van der Waals surface area (Å²) in [4.78, 5) is 19.6. The molecular weight excluding hydrogens is 344 g/mol. The second-order valence-corrected chi connectivity index (χ2v) is 7.38. The highest BCUT2D eigenvalue weighted by atomic mass is 16.5.